The van der Waals surface area contributed by atoms with Gasteiger partial charge in [-0.1, -0.05) is 30.7 Å². The van der Waals surface area contributed by atoms with Gasteiger partial charge in [-0.05, 0) is 51.0 Å². The highest BCUT2D eigenvalue weighted by atomic mass is 35.5. The molecule has 2 aromatic rings. The van der Waals surface area contributed by atoms with Crippen LogP contribution in [-0.2, 0) is 0 Å². The van der Waals surface area contributed by atoms with E-state index in [0.717, 1.165) is 35.1 Å². The number of carbonyl (C=O) groups is 1. The lowest BCUT2D eigenvalue weighted by atomic mass is 10.1. The number of ketones is 1. The van der Waals surface area contributed by atoms with E-state index in [2.05, 4.69) is 42.2 Å². The highest BCUT2D eigenvalue weighted by molar-refractivity contribution is 6.35. The number of rotatable bonds is 5. The number of carbonyl (C=O) groups excluding carboxylic acids is 1. The smallest absolute Gasteiger partial charge is 0.159 e. The summed E-state index contributed by atoms with van der Waals surface area (Å²) in [6, 6.07) is 6.03. The zero-order valence-corrected chi connectivity index (χ0v) is 17.3. The van der Waals surface area contributed by atoms with Crippen LogP contribution < -0.4 is 5.01 Å². The summed E-state index contributed by atoms with van der Waals surface area (Å²) in [6.07, 6.45) is 8.23. The number of halogens is 1. The molecular weight excluding hydrogens is 374 g/mol. The van der Waals surface area contributed by atoms with Crippen molar-refractivity contribution < 1.29 is 4.79 Å². The Bertz CT molecular complexity index is 1030. The van der Waals surface area contributed by atoms with Gasteiger partial charge in [0.15, 0.2) is 5.78 Å². The molecule has 1 aromatic carbocycles. The molecule has 0 bridgehead atoms. The van der Waals surface area contributed by atoms with Crippen LogP contribution in [0.5, 0.6) is 0 Å². The van der Waals surface area contributed by atoms with Gasteiger partial charge in [-0.3, -0.25) is 19.5 Å². The Balaban J connectivity index is 1.73. The first kappa shape index (κ1) is 18.7. The number of fused-ring (bicyclic) bond motifs is 2. The van der Waals surface area contributed by atoms with Crippen LogP contribution in [0.15, 0.2) is 58.4 Å². The first-order valence-corrected chi connectivity index (χ1v) is 10.0. The van der Waals surface area contributed by atoms with Gasteiger partial charge in [0.1, 0.15) is 11.7 Å². The number of allylic oxidation sites excluding steroid dienone is 1. The van der Waals surface area contributed by atoms with E-state index in [1.54, 1.807) is 13.0 Å². The number of Topliss-reactive ketones (excluding diaryl/α,β-unsaturated/α-hetero) is 1. The van der Waals surface area contributed by atoms with E-state index in [4.69, 9.17) is 11.6 Å². The van der Waals surface area contributed by atoms with Crippen molar-refractivity contribution in [1.29, 1.82) is 0 Å². The van der Waals surface area contributed by atoms with Gasteiger partial charge in [0.05, 0.1) is 16.7 Å². The topological polar surface area (TPSA) is 53.2 Å². The minimum Gasteiger partial charge on any atom is -0.295 e. The molecular formula is C21H24ClN5O. The molecule has 1 aromatic heterocycles. The quantitative estimate of drug-likeness (QED) is 0.631. The van der Waals surface area contributed by atoms with Crippen LogP contribution in [-0.4, -0.2) is 27.6 Å². The van der Waals surface area contributed by atoms with Crippen LogP contribution in [0.4, 0.5) is 0 Å². The summed E-state index contributed by atoms with van der Waals surface area (Å²) in [6.45, 7) is 7.98. The van der Waals surface area contributed by atoms with Crippen molar-refractivity contribution in [2.75, 3.05) is 5.01 Å². The van der Waals surface area contributed by atoms with Gasteiger partial charge in [0, 0.05) is 28.9 Å². The van der Waals surface area contributed by atoms with Gasteiger partial charge in [0.25, 0.3) is 0 Å². The summed E-state index contributed by atoms with van der Waals surface area (Å²) in [5.41, 5.74) is 3.46. The second-order valence-electron chi connectivity index (χ2n) is 7.30. The zero-order valence-electron chi connectivity index (χ0n) is 16.6. The van der Waals surface area contributed by atoms with E-state index in [1.165, 1.54) is 0 Å². The predicted octanol–water partition coefficient (Wildman–Crippen LogP) is 5.43. The molecule has 0 saturated carbocycles. The molecule has 0 fully saturated rings. The summed E-state index contributed by atoms with van der Waals surface area (Å²) < 4.78 is 1.99. The minimum atomic E-state index is 0.00317. The third-order valence-electron chi connectivity index (χ3n) is 5.54. The van der Waals surface area contributed by atoms with E-state index < -0.39 is 0 Å². The molecule has 7 heteroatoms. The Kier molecular flexibility index (Phi) is 4.75. The molecule has 1 atom stereocenters. The number of benzene rings is 1. The predicted molar refractivity (Wildman–Crippen MR) is 112 cm³/mol. The fourth-order valence-electron chi connectivity index (χ4n) is 3.94. The summed E-state index contributed by atoms with van der Waals surface area (Å²) in [5.74, 6) is 0.00317. The molecule has 0 amide bonds. The Labute approximate surface area is 169 Å². The highest BCUT2D eigenvalue weighted by Crippen LogP contribution is 2.34. The largest absolute Gasteiger partial charge is 0.295 e. The molecule has 0 spiro atoms. The SMILES string of the molecule is CCC(CC)N1N=NC2=CN(n3ccc4cc(C(C)=O)cc(Cl)c43)C(C)=CC21. The Morgan fingerprint density at radius 1 is 1.29 bits per heavy atom. The van der Waals surface area contributed by atoms with Crippen LogP contribution in [0.3, 0.4) is 0 Å². The van der Waals surface area contributed by atoms with Gasteiger partial charge in [-0.2, -0.15) is 0 Å². The fourth-order valence-corrected chi connectivity index (χ4v) is 4.26. The van der Waals surface area contributed by atoms with Crippen LogP contribution in [0, 0.1) is 0 Å². The Hall–Kier alpha value is -2.60. The molecule has 4 rings (SSSR count). The highest BCUT2D eigenvalue weighted by Gasteiger charge is 2.34. The lowest BCUT2D eigenvalue weighted by molar-refractivity contribution is 0.101. The van der Waals surface area contributed by atoms with Crippen molar-refractivity contribution in [3.63, 3.8) is 0 Å². The molecule has 0 aliphatic carbocycles. The first-order valence-electron chi connectivity index (χ1n) is 9.65. The van der Waals surface area contributed by atoms with E-state index in [0.29, 0.717) is 16.6 Å². The number of nitrogens with zero attached hydrogens (tertiary/aromatic N) is 5. The van der Waals surface area contributed by atoms with Gasteiger partial charge >= 0.3 is 0 Å². The van der Waals surface area contributed by atoms with E-state index in [1.807, 2.05) is 34.2 Å². The summed E-state index contributed by atoms with van der Waals surface area (Å²) >= 11 is 6.54. The van der Waals surface area contributed by atoms with Crippen LogP contribution in [0.2, 0.25) is 5.02 Å². The van der Waals surface area contributed by atoms with Crippen LogP contribution in [0.1, 0.15) is 50.9 Å². The lowest BCUT2D eigenvalue weighted by Gasteiger charge is -2.33. The average Bonchev–Trinajstić information content (AvgIpc) is 3.27. The van der Waals surface area contributed by atoms with E-state index in [9.17, 15) is 4.79 Å². The van der Waals surface area contributed by atoms with E-state index in [-0.39, 0.29) is 11.8 Å². The molecule has 0 saturated heterocycles. The van der Waals surface area contributed by atoms with Crippen molar-refractivity contribution in [2.24, 2.45) is 10.3 Å². The molecule has 1 unspecified atom stereocenters. The minimum absolute atomic E-state index is 0.00317. The second-order valence-corrected chi connectivity index (χ2v) is 7.71. The number of hydrogen-bond acceptors (Lipinski definition) is 5. The van der Waals surface area contributed by atoms with Crippen LogP contribution in [0.25, 0.3) is 10.9 Å². The maximum atomic E-state index is 11.7. The molecule has 146 valence electrons. The maximum Gasteiger partial charge on any atom is 0.159 e. The molecule has 2 aliphatic heterocycles. The standard InChI is InChI=1S/C21H24ClN5O/c1-5-17(6-2)27-20-9-13(3)26(12-19(20)23-24-27)25-8-7-15-10-16(14(4)28)11-18(22)21(15)25/h7-12,17,20H,5-6H2,1-4H3. The van der Waals surface area contributed by atoms with Gasteiger partial charge in [-0.25, -0.2) is 0 Å². The van der Waals surface area contributed by atoms with Gasteiger partial charge in [0.2, 0.25) is 0 Å². The van der Waals surface area contributed by atoms with Gasteiger partial charge in [-0.15, -0.1) is 5.11 Å². The Morgan fingerprint density at radius 3 is 2.71 bits per heavy atom. The average molecular weight is 398 g/mol. The zero-order chi connectivity index (χ0) is 20.0. The monoisotopic (exact) mass is 397 g/mol. The molecule has 6 nitrogen and oxygen atoms in total. The maximum absolute atomic E-state index is 11.7. The van der Waals surface area contributed by atoms with E-state index >= 15 is 0 Å². The summed E-state index contributed by atoms with van der Waals surface area (Å²) in [7, 11) is 0. The van der Waals surface area contributed by atoms with Gasteiger partial charge < -0.3 is 0 Å². The first-order chi connectivity index (χ1) is 13.4. The number of hydrogen-bond donors (Lipinski definition) is 0. The Morgan fingerprint density at radius 2 is 2.04 bits per heavy atom. The molecule has 0 N–H and O–H groups in total. The third-order valence-corrected chi connectivity index (χ3v) is 5.83. The molecule has 0 radical (unpaired) electrons. The van der Waals surface area contributed by atoms with Crippen LogP contribution >= 0.6 is 11.6 Å². The van der Waals surface area contributed by atoms with Crippen molar-refractivity contribution >= 4 is 28.3 Å². The molecule has 28 heavy (non-hydrogen) atoms. The number of aromatic nitrogens is 1. The lowest BCUT2D eigenvalue weighted by Crippen LogP contribution is -2.40. The second kappa shape index (κ2) is 7.09. The molecule has 2 aliphatic rings. The normalized spacial score (nSPS) is 18.7. The fraction of sp³-hybridized carbons (Fsp3) is 0.381. The summed E-state index contributed by atoms with van der Waals surface area (Å²) in [5, 5.41) is 14.5. The third kappa shape index (κ3) is 2.92. The van der Waals surface area contributed by atoms with Crippen molar-refractivity contribution in [1.82, 2.24) is 9.69 Å². The van der Waals surface area contributed by atoms with Crippen molar-refractivity contribution in [2.45, 2.75) is 52.6 Å². The van der Waals surface area contributed by atoms with Crippen molar-refractivity contribution in [3.05, 3.63) is 58.7 Å². The summed E-state index contributed by atoms with van der Waals surface area (Å²) in [4.78, 5) is 11.7. The molecule has 3 heterocycles. The van der Waals surface area contributed by atoms with Crippen molar-refractivity contribution in [3.8, 4) is 0 Å².